The second-order valence-corrected chi connectivity index (χ2v) is 5.80. The number of hydrogen-bond acceptors (Lipinski definition) is 2. The van der Waals surface area contributed by atoms with Crippen LogP contribution in [-0.2, 0) is 6.54 Å². The molecule has 2 N–H and O–H groups in total. The van der Waals surface area contributed by atoms with E-state index < -0.39 is 5.97 Å². The Morgan fingerprint density at radius 2 is 1.90 bits per heavy atom. The van der Waals surface area contributed by atoms with Gasteiger partial charge in [0.1, 0.15) is 5.82 Å². The third-order valence-electron chi connectivity index (χ3n) is 2.70. The number of halogens is 3. The number of nitrogens with one attached hydrogen (secondary N) is 1. The fraction of sp³-hybridized carbons (Fsp3) is 0.0714. The third kappa shape index (κ3) is 3.58. The van der Waals surface area contributed by atoms with Crippen molar-refractivity contribution in [2.75, 3.05) is 5.32 Å². The summed E-state index contributed by atoms with van der Waals surface area (Å²) in [5, 5.41) is 12.0. The molecule has 0 radical (unpaired) electrons. The van der Waals surface area contributed by atoms with Gasteiger partial charge in [0.15, 0.2) is 0 Å². The van der Waals surface area contributed by atoms with E-state index in [0.717, 1.165) is 11.3 Å². The van der Waals surface area contributed by atoms with Gasteiger partial charge in [-0.3, -0.25) is 0 Å². The number of benzene rings is 2. The lowest BCUT2D eigenvalue weighted by Gasteiger charge is -2.09. The highest BCUT2D eigenvalue weighted by molar-refractivity contribution is 9.10. The molecular formula is C14H10Br2FNO2. The minimum atomic E-state index is -0.965. The van der Waals surface area contributed by atoms with E-state index in [1.807, 2.05) is 0 Å². The van der Waals surface area contributed by atoms with Crippen LogP contribution in [0.3, 0.4) is 0 Å². The molecule has 0 unspecified atom stereocenters. The van der Waals surface area contributed by atoms with Gasteiger partial charge in [-0.15, -0.1) is 0 Å². The molecule has 0 aliphatic carbocycles. The van der Waals surface area contributed by atoms with Gasteiger partial charge in [-0.05, 0) is 51.8 Å². The summed E-state index contributed by atoms with van der Waals surface area (Å²) in [4.78, 5) is 10.8. The SMILES string of the molecule is O=C(O)c1ccc(CNc2ccc(F)c(Br)c2)c(Br)c1. The van der Waals surface area contributed by atoms with Crippen LogP contribution in [0.25, 0.3) is 0 Å². The fourth-order valence-electron chi connectivity index (χ4n) is 1.63. The van der Waals surface area contributed by atoms with E-state index in [4.69, 9.17) is 5.11 Å². The number of anilines is 1. The Balaban J connectivity index is 2.10. The molecule has 0 atom stereocenters. The molecule has 6 heteroatoms. The monoisotopic (exact) mass is 401 g/mol. The van der Waals surface area contributed by atoms with Crippen LogP contribution >= 0.6 is 31.9 Å². The molecule has 0 saturated heterocycles. The van der Waals surface area contributed by atoms with Gasteiger partial charge in [0.25, 0.3) is 0 Å². The Hall–Kier alpha value is -1.40. The van der Waals surface area contributed by atoms with Crippen molar-refractivity contribution in [3.05, 3.63) is 62.3 Å². The minimum absolute atomic E-state index is 0.227. The summed E-state index contributed by atoms with van der Waals surface area (Å²) in [7, 11) is 0. The van der Waals surface area contributed by atoms with Gasteiger partial charge in [0.2, 0.25) is 0 Å². The normalized spacial score (nSPS) is 10.3. The number of hydrogen-bond donors (Lipinski definition) is 2. The second kappa shape index (κ2) is 6.37. The van der Waals surface area contributed by atoms with Gasteiger partial charge in [-0.25, -0.2) is 9.18 Å². The average molecular weight is 403 g/mol. The predicted molar refractivity (Wildman–Crippen MR) is 82.5 cm³/mol. The molecule has 0 amide bonds. The molecule has 0 bridgehead atoms. The standard InChI is InChI=1S/C14H10Br2FNO2/c15-11-5-8(14(19)20)1-2-9(11)7-18-10-3-4-13(17)12(16)6-10/h1-6,18H,7H2,(H,19,20). The largest absolute Gasteiger partial charge is 0.478 e. The molecule has 0 spiro atoms. The van der Waals surface area contributed by atoms with E-state index in [1.165, 1.54) is 6.07 Å². The van der Waals surface area contributed by atoms with Gasteiger partial charge >= 0.3 is 5.97 Å². The molecule has 0 fully saturated rings. The van der Waals surface area contributed by atoms with E-state index in [1.54, 1.807) is 30.3 Å². The second-order valence-electron chi connectivity index (χ2n) is 4.09. The van der Waals surface area contributed by atoms with Crippen molar-refractivity contribution in [1.82, 2.24) is 0 Å². The van der Waals surface area contributed by atoms with E-state index in [9.17, 15) is 9.18 Å². The lowest BCUT2D eigenvalue weighted by Crippen LogP contribution is -2.02. The van der Waals surface area contributed by atoms with E-state index in [-0.39, 0.29) is 11.4 Å². The Bertz CT molecular complexity index is 662. The van der Waals surface area contributed by atoms with Crippen LogP contribution in [0, 0.1) is 5.82 Å². The molecule has 2 aromatic carbocycles. The summed E-state index contributed by atoms with van der Waals surface area (Å²) >= 11 is 6.47. The van der Waals surface area contributed by atoms with Crippen LogP contribution in [0.1, 0.15) is 15.9 Å². The van der Waals surface area contributed by atoms with Gasteiger partial charge < -0.3 is 10.4 Å². The van der Waals surface area contributed by atoms with Crippen LogP contribution in [0.4, 0.5) is 10.1 Å². The van der Waals surface area contributed by atoms with Crippen molar-refractivity contribution in [3.8, 4) is 0 Å². The highest BCUT2D eigenvalue weighted by Crippen LogP contribution is 2.23. The summed E-state index contributed by atoms with van der Waals surface area (Å²) in [6.45, 7) is 0.499. The fourth-order valence-corrected chi connectivity index (χ4v) is 2.52. The van der Waals surface area contributed by atoms with Crippen LogP contribution in [0.2, 0.25) is 0 Å². The summed E-state index contributed by atoms with van der Waals surface area (Å²) in [5.41, 5.74) is 1.91. The van der Waals surface area contributed by atoms with E-state index in [0.29, 0.717) is 15.5 Å². The number of carboxylic acid groups (broad SMARTS) is 1. The first-order valence-corrected chi connectivity index (χ1v) is 7.26. The first-order valence-electron chi connectivity index (χ1n) is 5.68. The smallest absolute Gasteiger partial charge is 0.335 e. The van der Waals surface area contributed by atoms with Crippen molar-refractivity contribution in [2.24, 2.45) is 0 Å². The third-order valence-corrected chi connectivity index (χ3v) is 4.05. The van der Waals surface area contributed by atoms with Crippen LogP contribution in [0.15, 0.2) is 45.3 Å². The Labute approximate surface area is 132 Å². The number of rotatable bonds is 4. The van der Waals surface area contributed by atoms with Gasteiger partial charge in [-0.2, -0.15) is 0 Å². The first kappa shape index (κ1) is 15.0. The van der Waals surface area contributed by atoms with E-state index >= 15 is 0 Å². The molecule has 2 rings (SSSR count). The molecule has 0 aliphatic rings. The maximum Gasteiger partial charge on any atom is 0.335 e. The van der Waals surface area contributed by atoms with Crippen molar-refractivity contribution in [3.63, 3.8) is 0 Å². The highest BCUT2D eigenvalue weighted by Gasteiger charge is 2.07. The zero-order valence-electron chi connectivity index (χ0n) is 10.2. The van der Waals surface area contributed by atoms with Gasteiger partial charge in [0.05, 0.1) is 10.0 Å². The molecule has 104 valence electrons. The van der Waals surface area contributed by atoms with Crippen molar-refractivity contribution in [1.29, 1.82) is 0 Å². The van der Waals surface area contributed by atoms with Gasteiger partial charge in [-0.1, -0.05) is 22.0 Å². The van der Waals surface area contributed by atoms with Crippen LogP contribution in [0.5, 0.6) is 0 Å². The Morgan fingerprint density at radius 3 is 2.50 bits per heavy atom. The van der Waals surface area contributed by atoms with Crippen LogP contribution < -0.4 is 5.32 Å². The number of aromatic carboxylic acids is 1. The lowest BCUT2D eigenvalue weighted by molar-refractivity contribution is 0.0697. The number of carboxylic acids is 1. The zero-order valence-corrected chi connectivity index (χ0v) is 13.3. The topological polar surface area (TPSA) is 49.3 Å². The molecule has 0 aliphatic heterocycles. The quantitative estimate of drug-likeness (QED) is 0.781. The van der Waals surface area contributed by atoms with E-state index in [2.05, 4.69) is 37.2 Å². The molecular weight excluding hydrogens is 393 g/mol. The van der Waals surface area contributed by atoms with Gasteiger partial charge in [0, 0.05) is 16.7 Å². The highest BCUT2D eigenvalue weighted by atomic mass is 79.9. The molecule has 0 heterocycles. The predicted octanol–water partition coefficient (Wildman–Crippen LogP) is 4.66. The summed E-state index contributed by atoms with van der Waals surface area (Å²) in [5.74, 6) is -1.28. The van der Waals surface area contributed by atoms with Crippen molar-refractivity contribution < 1.29 is 14.3 Å². The first-order chi connectivity index (χ1) is 9.47. The Kier molecular flexibility index (Phi) is 4.77. The Morgan fingerprint density at radius 1 is 1.15 bits per heavy atom. The van der Waals surface area contributed by atoms with Crippen molar-refractivity contribution in [2.45, 2.75) is 6.54 Å². The molecule has 20 heavy (non-hydrogen) atoms. The summed E-state index contributed by atoms with van der Waals surface area (Å²) in [6, 6.07) is 9.49. The number of carbonyl (C=O) groups is 1. The summed E-state index contributed by atoms with van der Waals surface area (Å²) < 4.78 is 14.2. The summed E-state index contributed by atoms with van der Waals surface area (Å²) in [6.07, 6.45) is 0. The lowest BCUT2D eigenvalue weighted by atomic mass is 10.1. The zero-order chi connectivity index (χ0) is 14.7. The molecule has 0 aromatic heterocycles. The molecule has 3 nitrogen and oxygen atoms in total. The molecule has 2 aromatic rings. The van der Waals surface area contributed by atoms with Crippen LogP contribution in [-0.4, -0.2) is 11.1 Å². The van der Waals surface area contributed by atoms with Crippen molar-refractivity contribution >= 4 is 43.5 Å². The maximum atomic E-state index is 13.1. The average Bonchev–Trinajstić information content (AvgIpc) is 2.41. The minimum Gasteiger partial charge on any atom is -0.478 e. The molecule has 0 saturated carbocycles. The maximum absolute atomic E-state index is 13.1.